The van der Waals surface area contributed by atoms with E-state index in [-0.39, 0.29) is 18.6 Å². The molecule has 7 heteroatoms. The zero-order valence-electron chi connectivity index (χ0n) is 23.7. The molecule has 1 aliphatic rings. The van der Waals surface area contributed by atoms with E-state index in [0.717, 1.165) is 64.4 Å². The molecule has 1 heterocycles. The average molecular weight is 543 g/mol. The van der Waals surface area contributed by atoms with E-state index >= 15 is 0 Å². The lowest BCUT2D eigenvalue weighted by molar-refractivity contribution is 0.0909. The van der Waals surface area contributed by atoms with Gasteiger partial charge >= 0.3 is 0 Å². The molecule has 1 unspecified atom stereocenters. The van der Waals surface area contributed by atoms with Crippen molar-refractivity contribution in [2.24, 2.45) is 0 Å². The fourth-order valence-corrected chi connectivity index (χ4v) is 5.67. The Balaban J connectivity index is 1.50. The van der Waals surface area contributed by atoms with Crippen molar-refractivity contribution in [3.63, 3.8) is 0 Å². The van der Waals surface area contributed by atoms with Crippen LogP contribution in [0.2, 0.25) is 0 Å². The summed E-state index contributed by atoms with van der Waals surface area (Å²) < 4.78 is 17.5. The van der Waals surface area contributed by atoms with Crippen LogP contribution >= 0.6 is 0 Å². The first-order valence-electron chi connectivity index (χ1n) is 14.0. The van der Waals surface area contributed by atoms with Gasteiger partial charge in [0.05, 0.1) is 38.5 Å². The van der Waals surface area contributed by atoms with E-state index in [4.69, 9.17) is 14.2 Å². The minimum absolute atomic E-state index is 0.0327. The monoisotopic (exact) mass is 542 g/mol. The predicted octanol–water partition coefficient (Wildman–Crippen LogP) is 5.85. The summed E-state index contributed by atoms with van der Waals surface area (Å²) in [5.74, 6) is 1.65. The van der Waals surface area contributed by atoms with Crippen LogP contribution in [0.25, 0.3) is 22.0 Å². The standard InChI is InChI=1S/C33H38N2O5/c1-5-8-20(2)40-30-14-21-11-12-22-15-31(38-3)32(39-4)17-27(22)26(21)16-28(30)33(37)35-24(19-36)13-23-18-34-29-10-7-6-9-25(23)29/h6-7,9-10,14-18,20,24,34,36H,5,8,11-13,19H2,1-4H3,(H,35,37)/t20-,24?/m1/s1. The molecule has 4 aromatic rings. The fraction of sp³-hybridized carbons (Fsp3) is 0.364. The van der Waals surface area contributed by atoms with Gasteiger partial charge in [-0.3, -0.25) is 4.79 Å². The maximum absolute atomic E-state index is 13.8. The number of benzene rings is 3. The van der Waals surface area contributed by atoms with Crippen molar-refractivity contribution in [1.29, 1.82) is 0 Å². The minimum Gasteiger partial charge on any atom is -0.493 e. The molecule has 1 aromatic heterocycles. The number of H-pyrrole nitrogens is 1. The zero-order valence-corrected chi connectivity index (χ0v) is 23.7. The Morgan fingerprint density at radius 3 is 2.38 bits per heavy atom. The normalized spacial score (nSPS) is 13.7. The number of carbonyl (C=O) groups is 1. The van der Waals surface area contributed by atoms with E-state index in [1.54, 1.807) is 14.2 Å². The lowest BCUT2D eigenvalue weighted by Crippen LogP contribution is -2.39. The average Bonchev–Trinajstić information content (AvgIpc) is 3.38. The van der Waals surface area contributed by atoms with E-state index in [9.17, 15) is 9.90 Å². The molecule has 3 aromatic carbocycles. The first-order chi connectivity index (χ1) is 19.4. The molecule has 0 aliphatic heterocycles. The summed E-state index contributed by atoms with van der Waals surface area (Å²) in [4.78, 5) is 17.1. The minimum atomic E-state index is -0.458. The Hall–Kier alpha value is -3.97. The van der Waals surface area contributed by atoms with Crippen LogP contribution in [-0.2, 0) is 19.3 Å². The van der Waals surface area contributed by atoms with E-state index in [2.05, 4.69) is 17.2 Å². The van der Waals surface area contributed by atoms with Crippen molar-refractivity contribution < 1.29 is 24.1 Å². The number of hydrogen-bond acceptors (Lipinski definition) is 5. The summed E-state index contributed by atoms with van der Waals surface area (Å²) in [5, 5.41) is 14.4. The number of para-hydroxylation sites is 1. The van der Waals surface area contributed by atoms with Crippen LogP contribution in [0, 0.1) is 0 Å². The van der Waals surface area contributed by atoms with Gasteiger partial charge in [-0.2, -0.15) is 0 Å². The summed E-state index contributed by atoms with van der Waals surface area (Å²) in [6, 6.07) is 15.5. The predicted molar refractivity (Wildman–Crippen MR) is 158 cm³/mol. The molecular weight excluding hydrogens is 504 g/mol. The Kier molecular flexibility index (Phi) is 8.31. The van der Waals surface area contributed by atoms with Crippen LogP contribution < -0.4 is 19.5 Å². The van der Waals surface area contributed by atoms with Crippen LogP contribution in [-0.4, -0.2) is 49.0 Å². The van der Waals surface area contributed by atoms with Gasteiger partial charge in [0, 0.05) is 17.1 Å². The molecular formula is C33H38N2O5. The lowest BCUT2D eigenvalue weighted by atomic mass is 9.84. The molecule has 1 amide bonds. The van der Waals surface area contributed by atoms with E-state index < -0.39 is 6.04 Å². The first-order valence-corrected chi connectivity index (χ1v) is 14.0. The van der Waals surface area contributed by atoms with Crippen molar-refractivity contribution in [3.8, 4) is 28.4 Å². The second-order valence-electron chi connectivity index (χ2n) is 10.5. The van der Waals surface area contributed by atoms with E-state index in [0.29, 0.717) is 29.2 Å². The smallest absolute Gasteiger partial charge is 0.255 e. The van der Waals surface area contributed by atoms with Gasteiger partial charge in [-0.05, 0) is 90.8 Å². The van der Waals surface area contributed by atoms with Crippen LogP contribution in [0.4, 0.5) is 0 Å². The molecule has 3 N–H and O–H groups in total. The first kappa shape index (κ1) is 27.6. The van der Waals surface area contributed by atoms with Gasteiger partial charge in [0.1, 0.15) is 5.75 Å². The maximum atomic E-state index is 13.8. The summed E-state index contributed by atoms with van der Waals surface area (Å²) in [6.45, 7) is 3.97. The number of methoxy groups -OCH3 is 2. The van der Waals surface area contributed by atoms with Crippen molar-refractivity contribution in [1.82, 2.24) is 10.3 Å². The number of rotatable bonds is 11. The largest absolute Gasteiger partial charge is 0.493 e. The summed E-state index contributed by atoms with van der Waals surface area (Å²) >= 11 is 0. The molecule has 210 valence electrons. The van der Waals surface area contributed by atoms with Crippen LogP contribution in [0.5, 0.6) is 17.2 Å². The van der Waals surface area contributed by atoms with Gasteiger partial charge in [0.15, 0.2) is 11.5 Å². The SMILES string of the molecule is CCC[C@@H](C)Oc1cc2c(cc1C(=O)NC(CO)Cc1c[nH]c3ccccc13)-c1cc(OC)c(OC)cc1CC2. The van der Waals surface area contributed by atoms with Crippen LogP contribution in [0.15, 0.2) is 54.7 Å². The third kappa shape index (κ3) is 5.52. The second-order valence-corrected chi connectivity index (χ2v) is 10.5. The highest BCUT2D eigenvalue weighted by molar-refractivity contribution is 5.99. The zero-order chi connectivity index (χ0) is 28.2. The molecule has 2 atom stereocenters. The van der Waals surface area contributed by atoms with Crippen LogP contribution in [0.1, 0.15) is 53.7 Å². The number of carbonyl (C=O) groups excluding carboxylic acids is 1. The number of aliphatic hydroxyl groups is 1. The third-order valence-electron chi connectivity index (χ3n) is 7.73. The van der Waals surface area contributed by atoms with Gasteiger partial charge in [0.25, 0.3) is 5.91 Å². The molecule has 1 aliphatic carbocycles. The Morgan fingerprint density at radius 2 is 1.68 bits per heavy atom. The van der Waals surface area contributed by atoms with E-state index in [1.165, 1.54) is 0 Å². The Labute approximate surface area is 235 Å². The van der Waals surface area contributed by atoms with Crippen molar-refractivity contribution in [2.75, 3.05) is 20.8 Å². The number of hydrogen-bond donors (Lipinski definition) is 3. The molecule has 40 heavy (non-hydrogen) atoms. The molecule has 0 spiro atoms. The molecule has 0 fully saturated rings. The van der Waals surface area contributed by atoms with Gasteiger partial charge in [-0.15, -0.1) is 0 Å². The molecule has 0 radical (unpaired) electrons. The number of nitrogens with one attached hydrogen (secondary N) is 2. The highest BCUT2D eigenvalue weighted by Crippen LogP contribution is 2.42. The summed E-state index contributed by atoms with van der Waals surface area (Å²) in [5.41, 5.74) is 6.83. The molecule has 0 bridgehead atoms. The summed E-state index contributed by atoms with van der Waals surface area (Å²) in [7, 11) is 3.26. The topological polar surface area (TPSA) is 92.8 Å². The van der Waals surface area contributed by atoms with Crippen molar-refractivity contribution in [3.05, 3.63) is 77.0 Å². The lowest BCUT2D eigenvalue weighted by Gasteiger charge is -2.25. The van der Waals surface area contributed by atoms with Crippen LogP contribution in [0.3, 0.4) is 0 Å². The number of amides is 1. The third-order valence-corrected chi connectivity index (χ3v) is 7.73. The highest BCUT2D eigenvalue weighted by atomic mass is 16.5. The quantitative estimate of drug-likeness (QED) is 0.221. The number of aryl methyl sites for hydroxylation is 2. The van der Waals surface area contributed by atoms with Gasteiger partial charge in [0.2, 0.25) is 0 Å². The number of aromatic amines is 1. The Morgan fingerprint density at radius 1 is 1.00 bits per heavy atom. The fourth-order valence-electron chi connectivity index (χ4n) is 5.67. The van der Waals surface area contributed by atoms with E-state index in [1.807, 2.05) is 61.7 Å². The number of ether oxygens (including phenoxy) is 3. The number of aliphatic hydroxyl groups excluding tert-OH is 1. The number of aromatic nitrogens is 1. The number of fused-ring (bicyclic) bond motifs is 4. The van der Waals surface area contributed by atoms with Crippen molar-refractivity contribution in [2.45, 2.75) is 58.1 Å². The highest BCUT2D eigenvalue weighted by Gasteiger charge is 2.26. The van der Waals surface area contributed by atoms with Gasteiger partial charge in [-0.1, -0.05) is 31.5 Å². The van der Waals surface area contributed by atoms with Gasteiger partial charge < -0.3 is 29.6 Å². The van der Waals surface area contributed by atoms with Gasteiger partial charge in [-0.25, -0.2) is 0 Å². The Bertz CT molecular complexity index is 1510. The molecule has 0 saturated carbocycles. The molecule has 7 nitrogen and oxygen atoms in total. The summed E-state index contributed by atoms with van der Waals surface area (Å²) in [6.07, 6.45) is 5.97. The molecule has 5 rings (SSSR count). The molecule has 0 saturated heterocycles. The maximum Gasteiger partial charge on any atom is 0.255 e. The van der Waals surface area contributed by atoms with Crippen molar-refractivity contribution >= 4 is 16.8 Å². The second kappa shape index (κ2) is 12.0.